The number of halogens is 1. The maximum absolute atomic E-state index is 12.6. The molecule has 0 fully saturated rings. The lowest BCUT2D eigenvalue weighted by Gasteiger charge is -2.10. The Morgan fingerprint density at radius 3 is 2.71 bits per heavy atom. The molecule has 0 unspecified atom stereocenters. The maximum Gasteiger partial charge on any atom is 0.344 e. The zero-order chi connectivity index (χ0) is 19.7. The molecule has 0 atom stereocenters. The van der Waals surface area contributed by atoms with Crippen molar-refractivity contribution in [3.05, 3.63) is 93.4 Å². The summed E-state index contributed by atoms with van der Waals surface area (Å²) in [6.45, 7) is 1.75. The molecule has 0 aliphatic carbocycles. The molecule has 0 saturated heterocycles. The Balaban J connectivity index is 1.63. The number of esters is 1. The first-order chi connectivity index (χ1) is 13.5. The molecule has 0 bridgehead atoms. The topological polar surface area (TPSA) is 65.5 Å². The fourth-order valence-corrected chi connectivity index (χ4v) is 3.32. The normalized spacial score (nSPS) is 13.9. The highest BCUT2D eigenvalue weighted by molar-refractivity contribution is 9.10. The van der Waals surface area contributed by atoms with Crippen LogP contribution in [0.5, 0.6) is 11.5 Å². The van der Waals surface area contributed by atoms with Gasteiger partial charge in [0.25, 0.3) is 0 Å². The number of hydrogen-bond acceptors (Lipinski definition) is 5. The lowest BCUT2D eigenvalue weighted by molar-refractivity contribution is 0.0732. The van der Waals surface area contributed by atoms with Crippen molar-refractivity contribution in [1.29, 1.82) is 0 Å². The van der Waals surface area contributed by atoms with Crippen molar-refractivity contribution in [2.75, 3.05) is 0 Å². The minimum atomic E-state index is -0.494. The lowest BCUT2D eigenvalue weighted by Crippen LogP contribution is -2.10. The number of fused-ring (bicyclic) bond motifs is 1. The Kier molecular flexibility index (Phi) is 4.79. The molecule has 0 saturated carbocycles. The minimum Gasteiger partial charge on any atom is -0.452 e. The zero-order valence-electron chi connectivity index (χ0n) is 14.8. The fraction of sp³-hybridized carbons (Fsp3) is 0.0455. The van der Waals surface area contributed by atoms with E-state index in [1.54, 1.807) is 61.8 Å². The number of nitrogens with zero attached hydrogens (tertiary/aromatic N) is 1. The number of ketones is 1. The van der Waals surface area contributed by atoms with Gasteiger partial charge in [-0.15, -0.1) is 0 Å². The highest BCUT2D eigenvalue weighted by Crippen LogP contribution is 2.39. The monoisotopic (exact) mass is 435 g/mol. The molecule has 1 aromatic heterocycles. The molecule has 28 heavy (non-hydrogen) atoms. The highest BCUT2D eigenvalue weighted by atomic mass is 79.9. The van der Waals surface area contributed by atoms with Crippen molar-refractivity contribution in [3.63, 3.8) is 0 Å². The van der Waals surface area contributed by atoms with Crippen LogP contribution in [0.2, 0.25) is 0 Å². The van der Waals surface area contributed by atoms with Gasteiger partial charge >= 0.3 is 5.97 Å². The third-order valence-electron chi connectivity index (χ3n) is 4.32. The largest absolute Gasteiger partial charge is 0.452 e. The van der Waals surface area contributed by atoms with Gasteiger partial charge in [-0.3, -0.25) is 9.78 Å². The summed E-state index contributed by atoms with van der Waals surface area (Å²) in [4.78, 5) is 29.1. The highest BCUT2D eigenvalue weighted by Gasteiger charge is 2.30. The summed E-state index contributed by atoms with van der Waals surface area (Å²) in [5.74, 6) is 0.240. The van der Waals surface area contributed by atoms with Crippen LogP contribution in [0.15, 0.2) is 71.2 Å². The molecule has 0 amide bonds. The van der Waals surface area contributed by atoms with E-state index in [0.29, 0.717) is 32.7 Å². The summed E-state index contributed by atoms with van der Waals surface area (Å²) in [5.41, 5.74) is 2.20. The predicted molar refractivity (Wildman–Crippen MR) is 107 cm³/mol. The Hall–Kier alpha value is -3.25. The number of hydrogen-bond donors (Lipinski definition) is 0. The van der Waals surface area contributed by atoms with Gasteiger partial charge in [0, 0.05) is 22.4 Å². The maximum atomic E-state index is 12.6. The number of pyridine rings is 1. The second-order valence-electron chi connectivity index (χ2n) is 6.16. The molecule has 0 N–H and O–H groups in total. The molecule has 3 aromatic rings. The van der Waals surface area contributed by atoms with Crippen LogP contribution in [-0.2, 0) is 0 Å². The van der Waals surface area contributed by atoms with Crippen LogP contribution in [0.1, 0.15) is 31.8 Å². The molecule has 0 spiro atoms. The Morgan fingerprint density at radius 1 is 1.14 bits per heavy atom. The zero-order valence-corrected chi connectivity index (χ0v) is 16.4. The van der Waals surface area contributed by atoms with Gasteiger partial charge in [0.2, 0.25) is 5.78 Å². The average molecular weight is 436 g/mol. The molecule has 138 valence electrons. The standard InChI is InChI=1S/C22H14BrNO4/c1-13-18(28-22(26)15-6-2-3-7-17(15)23)9-8-16-20(25)19(27-21(13)16)11-14-5-4-10-24-12-14/h2-12H,1H3/b19-11-. The van der Waals surface area contributed by atoms with E-state index in [9.17, 15) is 9.59 Å². The van der Waals surface area contributed by atoms with Gasteiger partial charge in [0.05, 0.1) is 11.1 Å². The van der Waals surface area contributed by atoms with E-state index in [2.05, 4.69) is 20.9 Å². The molecule has 1 aliphatic rings. The third kappa shape index (κ3) is 3.34. The molecule has 4 rings (SSSR count). The van der Waals surface area contributed by atoms with E-state index < -0.39 is 5.97 Å². The van der Waals surface area contributed by atoms with Crippen molar-refractivity contribution in [2.45, 2.75) is 6.92 Å². The quantitative estimate of drug-likeness (QED) is 0.329. The lowest BCUT2D eigenvalue weighted by atomic mass is 10.1. The Bertz CT molecular complexity index is 1120. The van der Waals surface area contributed by atoms with Gasteiger partial charge in [-0.2, -0.15) is 0 Å². The van der Waals surface area contributed by atoms with Crippen LogP contribution in [0, 0.1) is 6.92 Å². The number of carbonyl (C=O) groups excluding carboxylic acids is 2. The minimum absolute atomic E-state index is 0.209. The summed E-state index contributed by atoms with van der Waals surface area (Å²) >= 11 is 3.34. The first-order valence-corrected chi connectivity index (χ1v) is 9.28. The van der Waals surface area contributed by atoms with Crippen molar-refractivity contribution in [1.82, 2.24) is 4.98 Å². The second-order valence-corrected chi connectivity index (χ2v) is 7.02. The molecule has 2 heterocycles. The van der Waals surface area contributed by atoms with E-state index >= 15 is 0 Å². The molecule has 5 nitrogen and oxygen atoms in total. The third-order valence-corrected chi connectivity index (χ3v) is 5.01. The van der Waals surface area contributed by atoms with Crippen LogP contribution < -0.4 is 9.47 Å². The molecule has 2 aromatic carbocycles. The molecular formula is C22H14BrNO4. The van der Waals surface area contributed by atoms with Crippen LogP contribution in [-0.4, -0.2) is 16.7 Å². The number of aromatic nitrogens is 1. The van der Waals surface area contributed by atoms with Gasteiger partial charge in [-0.1, -0.05) is 18.2 Å². The SMILES string of the molecule is Cc1c(OC(=O)c2ccccc2Br)ccc2c1O/C(=C\c1cccnc1)C2=O. The first kappa shape index (κ1) is 18.1. The van der Waals surface area contributed by atoms with Crippen molar-refractivity contribution in [2.24, 2.45) is 0 Å². The van der Waals surface area contributed by atoms with Crippen LogP contribution in [0.3, 0.4) is 0 Å². The van der Waals surface area contributed by atoms with Gasteiger partial charge in [0.15, 0.2) is 5.76 Å². The summed E-state index contributed by atoms with van der Waals surface area (Å²) in [6.07, 6.45) is 4.94. The van der Waals surface area contributed by atoms with E-state index in [0.717, 1.165) is 5.56 Å². The molecular weight excluding hydrogens is 422 g/mol. The number of rotatable bonds is 3. The van der Waals surface area contributed by atoms with E-state index in [4.69, 9.17) is 9.47 Å². The van der Waals surface area contributed by atoms with Gasteiger partial charge in [0.1, 0.15) is 11.5 Å². The summed E-state index contributed by atoms with van der Waals surface area (Å²) in [5, 5.41) is 0. The first-order valence-electron chi connectivity index (χ1n) is 8.49. The Morgan fingerprint density at radius 2 is 1.96 bits per heavy atom. The molecule has 6 heteroatoms. The summed E-state index contributed by atoms with van der Waals surface area (Å²) < 4.78 is 12.0. The van der Waals surface area contributed by atoms with Gasteiger partial charge in [-0.05, 0) is 64.8 Å². The van der Waals surface area contributed by atoms with Crippen molar-refractivity contribution < 1.29 is 19.1 Å². The predicted octanol–water partition coefficient (Wildman–Crippen LogP) is 4.99. The van der Waals surface area contributed by atoms with E-state index in [1.807, 2.05) is 12.1 Å². The second kappa shape index (κ2) is 7.40. The average Bonchev–Trinajstić information content (AvgIpc) is 3.01. The van der Waals surface area contributed by atoms with Gasteiger partial charge < -0.3 is 9.47 Å². The number of benzene rings is 2. The van der Waals surface area contributed by atoms with E-state index in [-0.39, 0.29) is 11.5 Å². The molecule has 0 radical (unpaired) electrons. The number of Topliss-reactive ketones (excluding diaryl/α,β-unsaturated/α-hetero) is 1. The van der Waals surface area contributed by atoms with Crippen molar-refractivity contribution in [3.8, 4) is 11.5 Å². The summed E-state index contributed by atoms with van der Waals surface area (Å²) in [7, 11) is 0. The number of ether oxygens (including phenoxy) is 2. The fourth-order valence-electron chi connectivity index (χ4n) is 2.87. The summed E-state index contributed by atoms with van der Waals surface area (Å²) in [6, 6.07) is 13.8. The smallest absolute Gasteiger partial charge is 0.344 e. The van der Waals surface area contributed by atoms with Crippen LogP contribution in [0.4, 0.5) is 0 Å². The number of allylic oxidation sites excluding steroid dienone is 1. The molecule has 1 aliphatic heterocycles. The Labute approximate surface area is 169 Å². The van der Waals surface area contributed by atoms with E-state index in [1.165, 1.54) is 0 Å². The van der Waals surface area contributed by atoms with Gasteiger partial charge in [-0.25, -0.2) is 4.79 Å². The van der Waals surface area contributed by atoms with Crippen LogP contribution in [0.25, 0.3) is 6.08 Å². The van der Waals surface area contributed by atoms with Crippen LogP contribution >= 0.6 is 15.9 Å². The number of carbonyl (C=O) groups is 2. The van der Waals surface area contributed by atoms with Crippen molar-refractivity contribution >= 4 is 33.8 Å².